The number of carbonyl (C=O) groups is 1. The minimum Gasteiger partial charge on any atom is -0.378 e. The molecule has 1 amide bonds. The van der Waals surface area contributed by atoms with E-state index in [-0.39, 0.29) is 18.0 Å². The van der Waals surface area contributed by atoms with Gasteiger partial charge in [-0.2, -0.15) is 18.4 Å². The van der Waals surface area contributed by atoms with E-state index in [4.69, 9.17) is 4.74 Å². The van der Waals surface area contributed by atoms with Gasteiger partial charge in [0, 0.05) is 35.8 Å². The Hall–Kier alpha value is -3.57. The summed E-state index contributed by atoms with van der Waals surface area (Å²) < 4.78 is 45.7. The minimum absolute atomic E-state index is 0.0205. The van der Waals surface area contributed by atoms with Crippen LogP contribution < -0.4 is 0 Å². The van der Waals surface area contributed by atoms with Gasteiger partial charge in [-0.05, 0) is 29.8 Å². The summed E-state index contributed by atoms with van der Waals surface area (Å²) in [5, 5.41) is 10.5. The Bertz CT molecular complexity index is 1200. The normalized spacial score (nSPS) is 15.1. The zero-order chi connectivity index (χ0) is 22.7. The molecule has 1 saturated heterocycles. The number of hydrogen-bond acceptors (Lipinski definition) is 3. The summed E-state index contributed by atoms with van der Waals surface area (Å²) >= 11 is 0. The lowest BCUT2D eigenvalue weighted by Crippen LogP contribution is -2.42. The van der Waals surface area contributed by atoms with Crippen molar-refractivity contribution in [3.63, 3.8) is 0 Å². The fraction of sp³-hybridized carbons (Fsp3) is 0.250. The summed E-state index contributed by atoms with van der Waals surface area (Å²) in [5.41, 5.74) is 1.41. The molecule has 0 radical (unpaired) electrons. The molecule has 0 atom stereocenters. The number of rotatable bonds is 4. The number of aromatic nitrogens is 1. The van der Waals surface area contributed by atoms with Gasteiger partial charge in [0.25, 0.3) is 0 Å². The molecule has 0 bridgehead atoms. The Morgan fingerprint density at radius 3 is 2.44 bits per heavy atom. The number of amides is 1. The van der Waals surface area contributed by atoms with Gasteiger partial charge < -0.3 is 14.2 Å². The number of hydrogen-bond donors (Lipinski definition) is 0. The van der Waals surface area contributed by atoms with Gasteiger partial charge >= 0.3 is 6.18 Å². The predicted octanol–water partition coefficient (Wildman–Crippen LogP) is 4.58. The molecule has 1 aliphatic heterocycles. The molecule has 5 nitrogen and oxygen atoms in total. The lowest BCUT2D eigenvalue weighted by molar-refractivity contribution is -0.137. The molecule has 0 unspecified atom stereocenters. The lowest BCUT2D eigenvalue weighted by atomic mass is 10.0. The van der Waals surface area contributed by atoms with Crippen LogP contribution in [0.1, 0.15) is 16.7 Å². The molecule has 8 heteroatoms. The number of nitrogens with zero attached hydrogens (tertiary/aromatic N) is 3. The molecule has 1 aliphatic rings. The van der Waals surface area contributed by atoms with Gasteiger partial charge in [0.05, 0.1) is 30.4 Å². The lowest BCUT2D eigenvalue weighted by Gasteiger charge is -2.27. The smallest absolute Gasteiger partial charge is 0.378 e. The van der Waals surface area contributed by atoms with E-state index in [0.717, 1.165) is 23.0 Å². The first-order chi connectivity index (χ1) is 15.4. The predicted molar refractivity (Wildman–Crippen MR) is 114 cm³/mol. The summed E-state index contributed by atoms with van der Waals surface area (Å²) in [6.07, 6.45) is -0.999. The second kappa shape index (κ2) is 8.89. The number of allylic oxidation sites excluding steroid dienone is 1. The van der Waals surface area contributed by atoms with Crippen LogP contribution in [-0.4, -0.2) is 41.7 Å². The average Bonchev–Trinajstić information content (AvgIpc) is 3.14. The van der Waals surface area contributed by atoms with Gasteiger partial charge in [0.2, 0.25) is 5.91 Å². The number of alkyl halides is 3. The summed E-state index contributed by atoms with van der Waals surface area (Å²) in [6, 6.07) is 14.1. The molecule has 1 fully saturated rings. The molecule has 3 aromatic rings. The number of para-hydroxylation sites is 1. The number of ether oxygens (including phenoxy) is 1. The van der Waals surface area contributed by atoms with Crippen molar-refractivity contribution in [3.8, 4) is 6.07 Å². The molecule has 0 aliphatic carbocycles. The third kappa shape index (κ3) is 4.53. The van der Waals surface area contributed by atoms with E-state index in [1.807, 2.05) is 28.8 Å². The van der Waals surface area contributed by atoms with Crippen LogP contribution in [0.25, 0.3) is 22.6 Å². The Morgan fingerprint density at radius 2 is 1.78 bits per heavy atom. The first-order valence-electron chi connectivity index (χ1n) is 10.1. The summed E-state index contributed by atoms with van der Waals surface area (Å²) in [4.78, 5) is 14.5. The van der Waals surface area contributed by atoms with Crippen molar-refractivity contribution < 1.29 is 22.7 Å². The number of nitriles is 1. The Labute approximate surface area is 182 Å². The van der Waals surface area contributed by atoms with Gasteiger partial charge in [-0.3, -0.25) is 4.79 Å². The standard InChI is InChI=1S/C24H20F3N3O2/c25-24(26,27)20-7-5-17(6-8-20)18(14-28)13-19-15-30(22-4-2-1-3-21(19)22)16-23(31)29-9-11-32-12-10-29/h1-8,13,15H,9-12,16H2/b18-13-. The topological polar surface area (TPSA) is 58.3 Å². The van der Waals surface area contributed by atoms with Crippen LogP contribution in [0.2, 0.25) is 0 Å². The van der Waals surface area contributed by atoms with Crippen LogP contribution >= 0.6 is 0 Å². The van der Waals surface area contributed by atoms with E-state index < -0.39 is 11.7 Å². The first kappa shape index (κ1) is 21.7. The van der Waals surface area contributed by atoms with Crippen LogP contribution in [0.4, 0.5) is 13.2 Å². The van der Waals surface area contributed by atoms with Crippen molar-refractivity contribution in [1.29, 1.82) is 5.26 Å². The minimum atomic E-state index is -4.44. The molecule has 0 spiro atoms. The van der Waals surface area contributed by atoms with Gasteiger partial charge in [-0.25, -0.2) is 0 Å². The zero-order valence-corrected chi connectivity index (χ0v) is 17.1. The summed E-state index contributed by atoms with van der Waals surface area (Å²) in [7, 11) is 0. The molecule has 0 saturated carbocycles. The van der Waals surface area contributed by atoms with E-state index in [2.05, 4.69) is 6.07 Å². The maximum atomic E-state index is 12.8. The molecule has 4 rings (SSSR count). The van der Waals surface area contributed by atoms with E-state index >= 15 is 0 Å². The number of fused-ring (bicyclic) bond motifs is 1. The third-order valence-electron chi connectivity index (χ3n) is 5.43. The van der Waals surface area contributed by atoms with Gasteiger partial charge in [0.1, 0.15) is 6.54 Å². The highest BCUT2D eigenvalue weighted by Gasteiger charge is 2.30. The maximum Gasteiger partial charge on any atom is 0.416 e. The van der Waals surface area contributed by atoms with Crippen LogP contribution in [0, 0.1) is 11.3 Å². The quantitative estimate of drug-likeness (QED) is 0.559. The number of halogens is 3. The van der Waals surface area contributed by atoms with Crippen molar-refractivity contribution in [2.45, 2.75) is 12.7 Å². The second-order valence-electron chi connectivity index (χ2n) is 7.47. The van der Waals surface area contributed by atoms with Gasteiger partial charge in [0.15, 0.2) is 0 Å². The third-order valence-corrected chi connectivity index (χ3v) is 5.43. The average molecular weight is 439 g/mol. The molecule has 2 heterocycles. The van der Waals surface area contributed by atoms with E-state index in [9.17, 15) is 23.2 Å². The van der Waals surface area contributed by atoms with Crippen molar-refractivity contribution in [1.82, 2.24) is 9.47 Å². The van der Waals surface area contributed by atoms with E-state index in [1.54, 1.807) is 17.2 Å². The van der Waals surface area contributed by atoms with Crippen LogP contribution in [0.15, 0.2) is 54.7 Å². The second-order valence-corrected chi connectivity index (χ2v) is 7.47. The molecule has 164 valence electrons. The summed E-state index contributed by atoms with van der Waals surface area (Å²) in [5.74, 6) is -0.0205. The molecule has 2 aromatic carbocycles. The largest absolute Gasteiger partial charge is 0.416 e. The van der Waals surface area contributed by atoms with E-state index in [1.165, 1.54) is 12.1 Å². The van der Waals surface area contributed by atoms with Gasteiger partial charge in [-0.15, -0.1) is 0 Å². The number of benzene rings is 2. The summed E-state index contributed by atoms with van der Waals surface area (Å²) in [6.45, 7) is 2.29. The fourth-order valence-corrected chi connectivity index (χ4v) is 3.75. The van der Waals surface area contributed by atoms with Crippen molar-refractivity contribution in [2.24, 2.45) is 0 Å². The molecular weight excluding hydrogens is 419 g/mol. The Morgan fingerprint density at radius 1 is 1.09 bits per heavy atom. The van der Waals surface area contributed by atoms with Crippen molar-refractivity contribution >= 4 is 28.5 Å². The van der Waals surface area contributed by atoms with Crippen molar-refractivity contribution in [2.75, 3.05) is 26.3 Å². The van der Waals surface area contributed by atoms with Crippen molar-refractivity contribution in [3.05, 3.63) is 71.4 Å². The van der Waals surface area contributed by atoms with Crippen LogP contribution in [0.5, 0.6) is 0 Å². The zero-order valence-electron chi connectivity index (χ0n) is 17.1. The van der Waals surface area contributed by atoms with Crippen LogP contribution in [0.3, 0.4) is 0 Å². The van der Waals surface area contributed by atoms with Crippen LogP contribution in [-0.2, 0) is 22.3 Å². The first-order valence-corrected chi connectivity index (χ1v) is 10.1. The molecular formula is C24H20F3N3O2. The SMILES string of the molecule is N#C/C(=C/c1cn(CC(=O)N2CCOCC2)c2ccccc12)c1ccc(C(F)(F)F)cc1. The van der Waals surface area contributed by atoms with E-state index in [0.29, 0.717) is 37.4 Å². The molecule has 32 heavy (non-hydrogen) atoms. The maximum absolute atomic E-state index is 12.8. The molecule has 1 aromatic heterocycles. The Kier molecular flexibility index (Phi) is 6.01. The Balaban J connectivity index is 1.67. The highest BCUT2D eigenvalue weighted by Crippen LogP contribution is 2.31. The number of morpholine rings is 1. The highest BCUT2D eigenvalue weighted by atomic mass is 19.4. The fourth-order valence-electron chi connectivity index (χ4n) is 3.75. The van der Waals surface area contributed by atoms with Gasteiger partial charge in [-0.1, -0.05) is 30.3 Å². The number of carbonyl (C=O) groups excluding carboxylic acids is 1. The monoisotopic (exact) mass is 439 g/mol. The highest BCUT2D eigenvalue weighted by molar-refractivity contribution is 5.98. The molecule has 0 N–H and O–H groups in total.